The predicted molar refractivity (Wildman–Crippen MR) is 67.2 cm³/mol. The average Bonchev–Trinajstić information content (AvgIpc) is 2.37. The number of piperidine rings is 1. The van der Waals surface area contributed by atoms with Crippen LogP contribution >= 0.6 is 0 Å². The van der Waals surface area contributed by atoms with E-state index in [0.717, 1.165) is 5.69 Å². The van der Waals surface area contributed by atoms with Crippen molar-refractivity contribution in [1.29, 1.82) is 0 Å². The maximum absolute atomic E-state index is 12.3. The van der Waals surface area contributed by atoms with E-state index in [1.807, 2.05) is 0 Å². The number of carbonyl (C=O) groups is 3. The highest BCUT2D eigenvalue weighted by Crippen LogP contribution is 2.14. The number of hydrogen-bond donors (Lipinski definition) is 1. The highest BCUT2D eigenvalue weighted by atomic mass is 16.2. The molecule has 1 aromatic heterocycles. The topological polar surface area (TPSA) is 79.4 Å². The van der Waals surface area contributed by atoms with Gasteiger partial charge >= 0.3 is 0 Å². The van der Waals surface area contributed by atoms with E-state index in [1.165, 1.54) is 4.90 Å². The van der Waals surface area contributed by atoms with Gasteiger partial charge in [0.25, 0.3) is 5.91 Å². The van der Waals surface area contributed by atoms with Crippen LogP contribution in [0.3, 0.4) is 0 Å². The molecule has 0 aliphatic carbocycles. The zero-order chi connectivity index (χ0) is 14.0. The molecule has 0 radical (unpaired) electrons. The molecule has 1 unspecified atom stereocenters. The largest absolute Gasteiger partial charge is 0.330 e. The number of amides is 3. The van der Waals surface area contributed by atoms with Gasteiger partial charge in [0.2, 0.25) is 11.8 Å². The Bertz CT molecular complexity index is 542. The van der Waals surface area contributed by atoms with Crippen LogP contribution in [0.15, 0.2) is 18.3 Å². The SMILES string of the molecule is Cc1cc(C(=O)N(C)C2CCC(=O)NC2=O)ccn1. The Morgan fingerprint density at radius 2 is 2.21 bits per heavy atom. The number of imide groups is 1. The molecule has 2 rings (SSSR count). The molecule has 0 aromatic carbocycles. The zero-order valence-electron chi connectivity index (χ0n) is 10.8. The lowest BCUT2D eigenvalue weighted by atomic mass is 10.0. The Morgan fingerprint density at radius 1 is 1.47 bits per heavy atom. The number of nitrogens with one attached hydrogen (secondary N) is 1. The molecule has 1 aromatic rings. The number of carbonyl (C=O) groups excluding carboxylic acids is 3. The van der Waals surface area contributed by atoms with Crippen molar-refractivity contribution in [3.8, 4) is 0 Å². The number of rotatable bonds is 2. The summed E-state index contributed by atoms with van der Waals surface area (Å²) in [6.07, 6.45) is 2.17. The fourth-order valence-electron chi connectivity index (χ4n) is 2.08. The van der Waals surface area contributed by atoms with Crippen LogP contribution in [0.5, 0.6) is 0 Å². The number of hydrogen-bond acceptors (Lipinski definition) is 4. The van der Waals surface area contributed by atoms with E-state index in [0.29, 0.717) is 12.0 Å². The summed E-state index contributed by atoms with van der Waals surface area (Å²) in [6, 6.07) is 2.68. The second-order valence-electron chi connectivity index (χ2n) is 4.57. The highest BCUT2D eigenvalue weighted by Gasteiger charge is 2.32. The Kier molecular flexibility index (Phi) is 3.59. The predicted octanol–water partition coefficient (Wildman–Crippen LogP) is 0.267. The fourth-order valence-corrected chi connectivity index (χ4v) is 2.08. The number of aromatic nitrogens is 1. The van der Waals surface area contributed by atoms with Crippen molar-refractivity contribution in [2.24, 2.45) is 0 Å². The molecular weight excluding hydrogens is 246 g/mol. The van der Waals surface area contributed by atoms with Gasteiger partial charge in [-0.3, -0.25) is 24.7 Å². The van der Waals surface area contributed by atoms with Crippen molar-refractivity contribution in [3.05, 3.63) is 29.6 Å². The molecule has 0 bridgehead atoms. The van der Waals surface area contributed by atoms with Crippen LogP contribution in [0, 0.1) is 6.92 Å². The van der Waals surface area contributed by atoms with Crippen LogP contribution in [0.1, 0.15) is 28.9 Å². The summed E-state index contributed by atoms with van der Waals surface area (Å²) in [5.41, 5.74) is 1.22. The lowest BCUT2D eigenvalue weighted by Crippen LogP contribution is -2.52. The van der Waals surface area contributed by atoms with Gasteiger partial charge in [-0.1, -0.05) is 0 Å². The standard InChI is InChI=1S/C13H15N3O3/c1-8-7-9(5-6-14-8)13(19)16(2)10-3-4-11(17)15-12(10)18/h5-7,10H,3-4H2,1-2H3,(H,15,17,18). The first kappa shape index (κ1) is 13.2. The first-order valence-electron chi connectivity index (χ1n) is 6.02. The van der Waals surface area contributed by atoms with Gasteiger partial charge in [0, 0.05) is 30.9 Å². The average molecular weight is 261 g/mol. The highest BCUT2D eigenvalue weighted by molar-refractivity contribution is 6.03. The van der Waals surface area contributed by atoms with Crippen molar-refractivity contribution < 1.29 is 14.4 Å². The molecule has 6 heteroatoms. The second-order valence-corrected chi connectivity index (χ2v) is 4.57. The first-order valence-corrected chi connectivity index (χ1v) is 6.02. The Balaban J connectivity index is 2.15. The van der Waals surface area contributed by atoms with Crippen molar-refractivity contribution >= 4 is 17.7 Å². The second kappa shape index (κ2) is 5.17. The van der Waals surface area contributed by atoms with Crippen molar-refractivity contribution in [2.45, 2.75) is 25.8 Å². The van der Waals surface area contributed by atoms with E-state index in [2.05, 4.69) is 10.3 Å². The summed E-state index contributed by atoms with van der Waals surface area (Å²) in [7, 11) is 1.57. The lowest BCUT2D eigenvalue weighted by molar-refractivity contribution is -0.136. The summed E-state index contributed by atoms with van der Waals surface area (Å²) < 4.78 is 0. The van der Waals surface area contributed by atoms with Gasteiger partial charge in [0.05, 0.1) is 0 Å². The van der Waals surface area contributed by atoms with Crippen LogP contribution in [0.25, 0.3) is 0 Å². The summed E-state index contributed by atoms with van der Waals surface area (Å²) in [5, 5.41) is 2.24. The van der Waals surface area contributed by atoms with Crippen LogP contribution < -0.4 is 5.32 Å². The molecule has 6 nitrogen and oxygen atoms in total. The van der Waals surface area contributed by atoms with E-state index in [1.54, 1.807) is 32.3 Å². The number of nitrogens with zero attached hydrogens (tertiary/aromatic N) is 2. The summed E-state index contributed by atoms with van der Waals surface area (Å²) in [6.45, 7) is 1.79. The van der Waals surface area contributed by atoms with Gasteiger partial charge in [0.15, 0.2) is 0 Å². The Hall–Kier alpha value is -2.24. The normalized spacial score (nSPS) is 18.9. The van der Waals surface area contributed by atoms with Crippen LogP contribution in [-0.4, -0.2) is 40.7 Å². The van der Waals surface area contributed by atoms with Crippen molar-refractivity contribution in [1.82, 2.24) is 15.2 Å². The minimum Gasteiger partial charge on any atom is -0.330 e. The van der Waals surface area contributed by atoms with E-state index >= 15 is 0 Å². The number of likely N-dealkylation sites (N-methyl/N-ethyl adjacent to an activating group) is 1. The molecule has 0 spiro atoms. The molecule has 2 heterocycles. The fraction of sp³-hybridized carbons (Fsp3) is 0.385. The molecule has 1 aliphatic heterocycles. The molecule has 1 N–H and O–H groups in total. The van der Waals surface area contributed by atoms with E-state index in [9.17, 15) is 14.4 Å². The van der Waals surface area contributed by atoms with Gasteiger partial charge < -0.3 is 4.90 Å². The summed E-state index contributed by atoms with van der Waals surface area (Å²) in [4.78, 5) is 40.4. The summed E-state index contributed by atoms with van der Waals surface area (Å²) >= 11 is 0. The van der Waals surface area contributed by atoms with Gasteiger partial charge in [-0.15, -0.1) is 0 Å². The van der Waals surface area contributed by atoms with Gasteiger partial charge in [-0.25, -0.2) is 0 Å². The third-order valence-corrected chi connectivity index (χ3v) is 3.14. The molecular formula is C13H15N3O3. The zero-order valence-corrected chi connectivity index (χ0v) is 10.8. The van der Waals surface area contributed by atoms with Gasteiger partial charge in [-0.05, 0) is 25.5 Å². The summed E-state index contributed by atoms with van der Waals surface area (Å²) in [5.74, 6) is -0.959. The smallest absolute Gasteiger partial charge is 0.254 e. The van der Waals surface area contributed by atoms with E-state index < -0.39 is 11.9 Å². The maximum atomic E-state index is 12.3. The number of aryl methyl sites for hydroxylation is 1. The minimum absolute atomic E-state index is 0.250. The monoisotopic (exact) mass is 261 g/mol. The third-order valence-electron chi connectivity index (χ3n) is 3.14. The molecule has 1 saturated heterocycles. The van der Waals surface area contributed by atoms with Crippen molar-refractivity contribution in [2.75, 3.05) is 7.05 Å². The Labute approximate surface area is 110 Å². The van der Waals surface area contributed by atoms with Crippen molar-refractivity contribution in [3.63, 3.8) is 0 Å². The first-order chi connectivity index (χ1) is 8.99. The van der Waals surface area contributed by atoms with Crippen LogP contribution in [0.4, 0.5) is 0 Å². The third kappa shape index (κ3) is 2.78. The quantitative estimate of drug-likeness (QED) is 0.775. The maximum Gasteiger partial charge on any atom is 0.254 e. The molecule has 19 heavy (non-hydrogen) atoms. The van der Waals surface area contributed by atoms with E-state index in [4.69, 9.17) is 0 Å². The number of pyridine rings is 1. The lowest BCUT2D eigenvalue weighted by Gasteiger charge is -2.29. The molecule has 1 fully saturated rings. The Morgan fingerprint density at radius 3 is 2.84 bits per heavy atom. The molecule has 1 atom stereocenters. The van der Waals surface area contributed by atoms with Crippen LogP contribution in [-0.2, 0) is 9.59 Å². The molecule has 100 valence electrons. The van der Waals surface area contributed by atoms with E-state index in [-0.39, 0.29) is 18.2 Å². The molecule has 0 saturated carbocycles. The minimum atomic E-state index is -0.598. The molecule has 1 aliphatic rings. The van der Waals surface area contributed by atoms with Gasteiger partial charge in [-0.2, -0.15) is 0 Å². The van der Waals surface area contributed by atoms with Gasteiger partial charge in [0.1, 0.15) is 6.04 Å². The molecule has 3 amide bonds. The van der Waals surface area contributed by atoms with Crippen LogP contribution in [0.2, 0.25) is 0 Å².